The number of carbonyl (C=O) groups is 1. The van der Waals surface area contributed by atoms with Crippen LogP contribution >= 0.6 is 0 Å². The molecule has 1 fully saturated rings. The fourth-order valence-corrected chi connectivity index (χ4v) is 2.12. The van der Waals surface area contributed by atoms with E-state index >= 15 is 0 Å². The molecule has 1 saturated heterocycles. The minimum absolute atomic E-state index is 0.772. The third-order valence-electron chi connectivity index (χ3n) is 3.17. The fourth-order valence-electron chi connectivity index (χ4n) is 2.12. The van der Waals surface area contributed by atoms with Gasteiger partial charge in [-0.2, -0.15) is 0 Å². The summed E-state index contributed by atoms with van der Waals surface area (Å²) in [6.45, 7) is 9.07. The van der Waals surface area contributed by atoms with Gasteiger partial charge < -0.3 is 10.0 Å². The second kappa shape index (κ2) is 7.51. The van der Waals surface area contributed by atoms with Crippen LogP contribution in [0.5, 0.6) is 0 Å². The molecule has 0 aromatic heterocycles. The number of piperazine rings is 1. The van der Waals surface area contributed by atoms with Crippen molar-refractivity contribution in [2.24, 2.45) is 0 Å². The Morgan fingerprint density at radius 3 is 2.28 bits per heavy atom. The van der Waals surface area contributed by atoms with Crippen LogP contribution in [0.25, 0.3) is 0 Å². The highest BCUT2D eigenvalue weighted by Gasteiger charge is 2.16. The van der Waals surface area contributed by atoms with Crippen molar-refractivity contribution in [3.8, 4) is 0 Å². The summed E-state index contributed by atoms with van der Waals surface area (Å²) in [5, 5.41) is 8.67. The van der Waals surface area contributed by atoms with E-state index in [1.54, 1.807) is 0 Å². The third-order valence-corrected chi connectivity index (χ3v) is 3.17. The Kier molecular flexibility index (Phi) is 6.32. The van der Waals surface area contributed by atoms with E-state index in [9.17, 15) is 4.79 Å². The number of likely N-dealkylation sites (N-methyl/N-ethyl adjacent to an activating group) is 1. The highest BCUT2D eigenvalue weighted by atomic mass is 16.4. The Morgan fingerprint density at radius 1 is 1.22 bits per heavy atom. The van der Waals surface area contributed by atoms with Gasteiger partial charge in [-0.25, -0.2) is 4.79 Å². The first-order valence-corrected chi connectivity index (χ1v) is 6.47. The number of rotatable bonds is 6. The molecule has 0 bridgehead atoms. The van der Waals surface area contributed by atoms with E-state index in [2.05, 4.69) is 28.8 Å². The summed E-state index contributed by atoms with van der Waals surface area (Å²) in [6, 6.07) is 0. The maximum atomic E-state index is 10.5. The van der Waals surface area contributed by atoms with Crippen molar-refractivity contribution in [2.45, 2.75) is 6.92 Å². The molecule has 0 radical (unpaired) electrons. The van der Waals surface area contributed by atoms with Gasteiger partial charge >= 0.3 is 5.97 Å². The van der Waals surface area contributed by atoms with Crippen LogP contribution in [0.15, 0.2) is 11.6 Å². The summed E-state index contributed by atoms with van der Waals surface area (Å²) < 4.78 is 0. The predicted molar refractivity (Wildman–Crippen MR) is 72.8 cm³/mol. The van der Waals surface area contributed by atoms with E-state index in [0.717, 1.165) is 51.4 Å². The molecule has 0 amide bonds. The molecule has 0 unspecified atom stereocenters. The molecular formula is C13H25N3O2. The van der Waals surface area contributed by atoms with Crippen molar-refractivity contribution in [1.29, 1.82) is 0 Å². The molecule has 1 aliphatic heterocycles. The lowest BCUT2D eigenvalue weighted by molar-refractivity contribution is -0.131. The molecule has 0 aromatic carbocycles. The van der Waals surface area contributed by atoms with Gasteiger partial charge in [0.05, 0.1) is 0 Å². The lowest BCUT2D eigenvalue weighted by atomic mass is 10.2. The Morgan fingerprint density at radius 2 is 1.78 bits per heavy atom. The molecule has 1 heterocycles. The lowest BCUT2D eigenvalue weighted by Crippen LogP contribution is -2.48. The molecule has 1 aliphatic rings. The summed E-state index contributed by atoms with van der Waals surface area (Å²) >= 11 is 0. The quantitative estimate of drug-likeness (QED) is 0.687. The molecular weight excluding hydrogens is 230 g/mol. The monoisotopic (exact) mass is 255 g/mol. The summed E-state index contributed by atoms with van der Waals surface area (Å²) in [6.07, 6.45) is 1.30. The van der Waals surface area contributed by atoms with Gasteiger partial charge in [0.1, 0.15) is 0 Å². The normalized spacial score (nSPS) is 19.4. The van der Waals surface area contributed by atoms with Crippen molar-refractivity contribution in [3.63, 3.8) is 0 Å². The highest BCUT2D eigenvalue weighted by molar-refractivity contribution is 5.80. The maximum Gasteiger partial charge on any atom is 0.328 e. The Labute approximate surface area is 110 Å². The Balaban J connectivity index is 2.25. The van der Waals surface area contributed by atoms with Crippen molar-refractivity contribution >= 4 is 5.97 Å². The zero-order chi connectivity index (χ0) is 13.5. The number of hydrogen-bond donors (Lipinski definition) is 1. The molecule has 5 heteroatoms. The standard InChI is InChI=1S/C13H25N3O2/c1-12(10-13(17)18)11-16-8-6-15(7-9-16)5-4-14(2)3/h10H,4-9,11H2,1-3H3,(H,17,18). The topological polar surface area (TPSA) is 47.0 Å². The zero-order valence-electron chi connectivity index (χ0n) is 11.7. The van der Waals surface area contributed by atoms with Crippen LogP contribution in [-0.4, -0.2) is 85.7 Å². The van der Waals surface area contributed by atoms with Gasteiger partial charge in [-0.15, -0.1) is 0 Å². The van der Waals surface area contributed by atoms with Crippen molar-refractivity contribution < 1.29 is 9.90 Å². The predicted octanol–water partition coefficient (Wildman–Crippen LogP) is 0.197. The van der Waals surface area contributed by atoms with Crippen LogP contribution in [0.2, 0.25) is 0 Å². The lowest BCUT2D eigenvalue weighted by Gasteiger charge is -2.35. The molecule has 0 aliphatic carbocycles. The summed E-state index contributed by atoms with van der Waals surface area (Å²) in [5.41, 5.74) is 0.921. The summed E-state index contributed by atoms with van der Waals surface area (Å²) in [4.78, 5) is 17.5. The van der Waals surface area contributed by atoms with Gasteiger partial charge in [0, 0.05) is 51.9 Å². The van der Waals surface area contributed by atoms with E-state index < -0.39 is 5.97 Å². The van der Waals surface area contributed by atoms with Crippen LogP contribution in [0.3, 0.4) is 0 Å². The van der Waals surface area contributed by atoms with Crippen molar-refractivity contribution in [3.05, 3.63) is 11.6 Å². The van der Waals surface area contributed by atoms with Crippen LogP contribution in [-0.2, 0) is 4.79 Å². The van der Waals surface area contributed by atoms with Crippen LogP contribution in [0.1, 0.15) is 6.92 Å². The van der Waals surface area contributed by atoms with Crippen molar-refractivity contribution in [2.75, 3.05) is 59.9 Å². The second-order valence-electron chi connectivity index (χ2n) is 5.25. The zero-order valence-corrected chi connectivity index (χ0v) is 11.7. The number of aliphatic carboxylic acids is 1. The molecule has 0 spiro atoms. The van der Waals surface area contributed by atoms with E-state index in [0.29, 0.717) is 0 Å². The van der Waals surface area contributed by atoms with E-state index in [1.165, 1.54) is 6.08 Å². The summed E-state index contributed by atoms with van der Waals surface area (Å²) in [7, 11) is 4.19. The van der Waals surface area contributed by atoms with Gasteiger partial charge in [0.2, 0.25) is 0 Å². The number of carboxylic acid groups (broad SMARTS) is 1. The average Bonchev–Trinajstić information content (AvgIpc) is 2.26. The Bertz CT molecular complexity index is 295. The molecule has 0 aromatic rings. The molecule has 104 valence electrons. The number of carboxylic acids is 1. The Hall–Kier alpha value is -0.910. The van der Waals surface area contributed by atoms with Crippen LogP contribution in [0.4, 0.5) is 0 Å². The first-order valence-electron chi connectivity index (χ1n) is 6.47. The molecule has 0 saturated carbocycles. The maximum absolute atomic E-state index is 10.5. The van der Waals surface area contributed by atoms with Gasteiger partial charge in [-0.3, -0.25) is 9.80 Å². The first kappa shape index (κ1) is 15.1. The molecule has 5 nitrogen and oxygen atoms in total. The van der Waals surface area contributed by atoms with Crippen LogP contribution in [0, 0.1) is 0 Å². The van der Waals surface area contributed by atoms with E-state index in [1.807, 2.05) is 6.92 Å². The third kappa shape index (κ3) is 6.14. The first-order chi connectivity index (χ1) is 8.47. The summed E-state index contributed by atoms with van der Waals surface area (Å²) in [5.74, 6) is -0.850. The number of nitrogens with zero attached hydrogens (tertiary/aromatic N) is 3. The van der Waals surface area contributed by atoms with Crippen LogP contribution < -0.4 is 0 Å². The minimum Gasteiger partial charge on any atom is -0.478 e. The highest BCUT2D eigenvalue weighted by Crippen LogP contribution is 2.05. The second-order valence-corrected chi connectivity index (χ2v) is 5.25. The largest absolute Gasteiger partial charge is 0.478 e. The molecule has 1 N–H and O–H groups in total. The van der Waals surface area contributed by atoms with E-state index in [4.69, 9.17) is 5.11 Å². The molecule has 0 atom stereocenters. The fraction of sp³-hybridized carbons (Fsp3) is 0.769. The van der Waals surface area contributed by atoms with E-state index in [-0.39, 0.29) is 0 Å². The van der Waals surface area contributed by atoms with Gasteiger partial charge in [-0.1, -0.05) is 5.57 Å². The van der Waals surface area contributed by atoms with Gasteiger partial charge in [-0.05, 0) is 21.0 Å². The molecule has 18 heavy (non-hydrogen) atoms. The smallest absolute Gasteiger partial charge is 0.328 e. The van der Waals surface area contributed by atoms with Gasteiger partial charge in [0.15, 0.2) is 0 Å². The number of hydrogen-bond acceptors (Lipinski definition) is 4. The average molecular weight is 255 g/mol. The van der Waals surface area contributed by atoms with Crippen molar-refractivity contribution in [1.82, 2.24) is 14.7 Å². The van der Waals surface area contributed by atoms with Gasteiger partial charge in [0.25, 0.3) is 0 Å². The minimum atomic E-state index is -0.850. The molecule has 1 rings (SSSR count). The SMILES string of the molecule is CC(=CC(=O)O)CN1CCN(CCN(C)C)CC1.